The summed E-state index contributed by atoms with van der Waals surface area (Å²) in [5, 5.41) is 0. The fraction of sp³-hybridized carbons (Fsp3) is 0.846. The van der Waals surface area contributed by atoms with Crippen LogP contribution >= 0.6 is 0 Å². The quantitative estimate of drug-likeness (QED) is 0.653. The number of methoxy groups -OCH3 is 1. The first kappa shape index (κ1) is 20.7. The zero-order valence-electron chi connectivity index (χ0n) is 19.2. The maximum Gasteiger partial charge on any atom is 0.156 e. The molecule has 166 valence electrons. The van der Waals surface area contributed by atoms with E-state index in [0.717, 1.165) is 42.6 Å². The lowest BCUT2D eigenvalue weighted by Gasteiger charge is -2.61. The highest BCUT2D eigenvalue weighted by Crippen LogP contribution is 2.67. The number of Topliss-reactive ketones (excluding diaryl/α,β-unsaturated/α-hetero) is 1. The van der Waals surface area contributed by atoms with E-state index in [0.29, 0.717) is 17.7 Å². The van der Waals surface area contributed by atoms with Crippen LogP contribution < -0.4 is 0 Å². The first-order valence-electron chi connectivity index (χ1n) is 12.4. The Balaban J connectivity index is 1.32. The van der Waals surface area contributed by atoms with Crippen molar-refractivity contribution in [3.05, 3.63) is 18.7 Å². The highest BCUT2D eigenvalue weighted by atomic mass is 16.5. The lowest BCUT2D eigenvalue weighted by atomic mass is 9.44. The van der Waals surface area contributed by atoms with Gasteiger partial charge in [0.25, 0.3) is 0 Å². The summed E-state index contributed by atoms with van der Waals surface area (Å²) in [5.74, 6) is 4.82. The summed E-state index contributed by atoms with van der Waals surface area (Å²) in [6, 6.07) is 0. The Hall–Kier alpha value is -1.16. The van der Waals surface area contributed by atoms with Crippen LogP contribution in [0.5, 0.6) is 0 Å². The Morgan fingerprint density at radius 1 is 1.07 bits per heavy atom. The topological polar surface area (TPSA) is 44.1 Å². The molecule has 0 aromatic carbocycles. The van der Waals surface area contributed by atoms with Crippen molar-refractivity contribution in [2.45, 2.75) is 78.2 Å². The molecular weight excluding hydrogens is 372 g/mol. The Morgan fingerprint density at radius 2 is 1.87 bits per heavy atom. The highest BCUT2D eigenvalue weighted by Gasteiger charge is 2.61. The van der Waals surface area contributed by atoms with Crippen molar-refractivity contribution >= 4 is 5.78 Å². The van der Waals surface area contributed by atoms with Gasteiger partial charge >= 0.3 is 0 Å². The van der Waals surface area contributed by atoms with Gasteiger partial charge in [-0.2, -0.15) is 0 Å². The molecule has 4 saturated carbocycles. The minimum atomic E-state index is 0.218. The number of nitrogens with zero attached hydrogens (tertiary/aromatic N) is 2. The number of hydrogen-bond donors (Lipinski definition) is 0. The highest BCUT2D eigenvalue weighted by molar-refractivity contribution is 5.82. The number of ketones is 1. The van der Waals surface area contributed by atoms with Crippen LogP contribution in [0.25, 0.3) is 0 Å². The summed E-state index contributed by atoms with van der Waals surface area (Å²) in [6.07, 6.45) is 17.4. The Kier molecular flexibility index (Phi) is 5.36. The lowest BCUT2D eigenvalue weighted by Crippen LogP contribution is -2.54. The van der Waals surface area contributed by atoms with Crippen molar-refractivity contribution < 1.29 is 9.53 Å². The van der Waals surface area contributed by atoms with Gasteiger partial charge in [0, 0.05) is 32.0 Å². The molecule has 4 unspecified atom stereocenters. The van der Waals surface area contributed by atoms with Crippen LogP contribution in [0, 0.1) is 46.3 Å². The zero-order chi connectivity index (χ0) is 20.9. The molecule has 4 fully saturated rings. The van der Waals surface area contributed by atoms with E-state index in [1.165, 1.54) is 51.4 Å². The van der Waals surface area contributed by atoms with E-state index in [9.17, 15) is 4.79 Å². The van der Waals surface area contributed by atoms with Crippen molar-refractivity contribution in [2.75, 3.05) is 13.7 Å². The summed E-state index contributed by atoms with van der Waals surface area (Å²) in [6.45, 7) is 6.56. The number of fused-ring (bicyclic) bond motifs is 5. The number of imidazole rings is 1. The number of carbonyl (C=O) groups is 1. The Morgan fingerprint density at radius 3 is 2.63 bits per heavy atom. The van der Waals surface area contributed by atoms with Crippen molar-refractivity contribution in [3.63, 3.8) is 0 Å². The average molecular weight is 413 g/mol. The standard InChI is InChI=1S/C26H40N2O2/c1-25-10-8-18(16-30-3)14-19(25)4-5-20-21-6-7-23(26(21,2)11-9-22(20)25)24(29)15-28-13-12-27-17-28/h12-13,17-23H,4-11,14-16H2,1-3H3/t18-,19?,20-,21?,22?,23?,25-,26-/m0/s1. The first-order chi connectivity index (χ1) is 14.5. The predicted molar refractivity (Wildman–Crippen MR) is 118 cm³/mol. The number of carbonyl (C=O) groups excluding carboxylic acids is 1. The summed E-state index contributed by atoms with van der Waals surface area (Å²) >= 11 is 0. The van der Waals surface area contributed by atoms with E-state index < -0.39 is 0 Å². The molecule has 0 N–H and O–H groups in total. The second-order valence-corrected chi connectivity index (χ2v) is 11.6. The van der Waals surface area contributed by atoms with Crippen LogP contribution in [0.3, 0.4) is 0 Å². The third-order valence-electron chi connectivity index (χ3n) is 10.5. The van der Waals surface area contributed by atoms with Crippen molar-refractivity contribution in [2.24, 2.45) is 46.3 Å². The van der Waals surface area contributed by atoms with Gasteiger partial charge in [-0.1, -0.05) is 13.8 Å². The van der Waals surface area contributed by atoms with Gasteiger partial charge in [-0.3, -0.25) is 4.79 Å². The van der Waals surface area contributed by atoms with Gasteiger partial charge in [0.2, 0.25) is 0 Å². The van der Waals surface area contributed by atoms with Crippen LogP contribution in [0.15, 0.2) is 18.7 Å². The number of ether oxygens (including phenoxy) is 1. The molecule has 4 heteroatoms. The average Bonchev–Trinajstić information content (AvgIpc) is 3.35. The smallest absolute Gasteiger partial charge is 0.156 e. The monoisotopic (exact) mass is 412 g/mol. The van der Waals surface area contributed by atoms with Gasteiger partial charge in [0.1, 0.15) is 0 Å². The van der Waals surface area contributed by atoms with Gasteiger partial charge < -0.3 is 9.30 Å². The second kappa shape index (κ2) is 7.76. The molecule has 1 aromatic rings. The third kappa shape index (κ3) is 3.20. The van der Waals surface area contributed by atoms with E-state index >= 15 is 0 Å². The van der Waals surface area contributed by atoms with Crippen LogP contribution in [0.4, 0.5) is 0 Å². The van der Waals surface area contributed by atoms with E-state index in [4.69, 9.17) is 4.74 Å². The van der Waals surface area contributed by atoms with E-state index in [2.05, 4.69) is 18.8 Å². The van der Waals surface area contributed by atoms with Crippen molar-refractivity contribution in [3.8, 4) is 0 Å². The van der Waals surface area contributed by atoms with Crippen molar-refractivity contribution in [1.29, 1.82) is 0 Å². The SMILES string of the molecule is COC[C@H]1CC[C@@]2(C)C(CC[C@@H]3C2CC[C@]2(C)C(C(=O)Cn4ccnc4)CCC32)C1. The second-order valence-electron chi connectivity index (χ2n) is 11.6. The molecular formula is C26H40N2O2. The molecule has 1 aromatic heterocycles. The minimum Gasteiger partial charge on any atom is -0.384 e. The number of rotatable bonds is 5. The van der Waals surface area contributed by atoms with Crippen molar-refractivity contribution in [1.82, 2.24) is 9.55 Å². The summed E-state index contributed by atoms with van der Waals surface area (Å²) in [7, 11) is 1.86. The minimum absolute atomic E-state index is 0.218. The Labute approximate surface area is 182 Å². The fourth-order valence-electron chi connectivity index (χ4n) is 8.93. The lowest BCUT2D eigenvalue weighted by molar-refractivity contribution is -0.138. The van der Waals surface area contributed by atoms with Gasteiger partial charge in [0.15, 0.2) is 5.78 Å². The molecule has 0 spiro atoms. The molecule has 5 rings (SSSR count). The van der Waals surface area contributed by atoms with Gasteiger partial charge in [-0.15, -0.1) is 0 Å². The third-order valence-corrected chi connectivity index (χ3v) is 10.5. The Bertz CT molecular complexity index is 761. The molecule has 4 nitrogen and oxygen atoms in total. The molecule has 0 bridgehead atoms. The van der Waals surface area contributed by atoms with Crippen LogP contribution in [0.1, 0.15) is 71.6 Å². The number of hydrogen-bond acceptors (Lipinski definition) is 3. The van der Waals surface area contributed by atoms with Crippen LogP contribution in [0.2, 0.25) is 0 Å². The number of aromatic nitrogens is 2. The molecule has 30 heavy (non-hydrogen) atoms. The normalized spacial score (nSPS) is 45.4. The van der Waals surface area contributed by atoms with Gasteiger partial charge in [-0.05, 0) is 98.2 Å². The van der Waals surface area contributed by atoms with E-state index in [-0.39, 0.29) is 11.3 Å². The molecule has 8 atom stereocenters. The molecule has 0 aliphatic heterocycles. The maximum atomic E-state index is 13.3. The predicted octanol–water partition coefficient (Wildman–Crippen LogP) is 5.37. The summed E-state index contributed by atoms with van der Waals surface area (Å²) < 4.78 is 7.46. The summed E-state index contributed by atoms with van der Waals surface area (Å²) in [4.78, 5) is 17.4. The van der Waals surface area contributed by atoms with Crippen LogP contribution in [-0.2, 0) is 16.1 Å². The largest absolute Gasteiger partial charge is 0.384 e. The molecule has 0 saturated heterocycles. The van der Waals surface area contributed by atoms with E-state index in [1.54, 1.807) is 12.5 Å². The van der Waals surface area contributed by atoms with Gasteiger partial charge in [0.05, 0.1) is 12.9 Å². The maximum absolute atomic E-state index is 13.3. The first-order valence-corrected chi connectivity index (χ1v) is 12.4. The molecule has 0 radical (unpaired) electrons. The van der Waals surface area contributed by atoms with Gasteiger partial charge in [-0.25, -0.2) is 4.98 Å². The molecule has 4 aliphatic carbocycles. The van der Waals surface area contributed by atoms with Crippen LogP contribution in [-0.4, -0.2) is 29.1 Å². The fourth-order valence-corrected chi connectivity index (χ4v) is 8.93. The van der Waals surface area contributed by atoms with E-state index in [1.807, 2.05) is 17.9 Å². The molecule has 0 amide bonds. The zero-order valence-corrected chi connectivity index (χ0v) is 19.2. The summed E-state index contributed by atoms with van der Waals surface area (Å²) in [5.41, 5.74) is 0.739. The molecule has 1 heterocycles. The molecule has 4 aliphatic rings.